The fraction of sp³-hybridized carbons (Fsp3) is 0.133. The number of rotatable bonds is 5. The first-order valence-electron chi connectivity index (χ1n) is 6.46. The second kappa shape index (κ2) is 7.46. The summed E-state index contributed by atoms with van der Waals surface area (Å²) in [5.41, 5.74) is 1.44. The highest BCUT2D eigenvalue weighted by atomic mass is 32.1. The summed E-state index contributed by atoms with van der Waals surface area (Å²) in [7, 11) is 1.50. The van der Waals surface area contributed by atoms with Crippen LogP contribution in [0.5, 0.6) is 0 Å². The maximum atomic E-state index is 12.9. The lowest BCUT2D eigenvalue weighted by molar-refractivity contribution is -0.123. The van der Waals surface area contributed by atoms with E-state index < -0.39 is 0 Å². The molecule has 0 aliphatic rings. The van der Waals surface area contributed by atoms with Crippen molar-refractivity contribution in [2.24, 2.45) is 0 Å². The molecule has 0 aliphatic carbocycles. The number of nitrogens with one attached hydrogen (secondary N) is 2. The Morgan fingerprint density at radius 3 is 2.73 bits per heavy atom. The lowest BCUT2D eigenvalue weighted by Crippen LogP contribution is -2.34. The largest absolute Gasteiger partial charge is 0.358 e. The minimum Gasteiger partial charge on any atom is -0.358 e. The van der Waals surface area contributed by atoms with E-state index in [4.69, 9.17) is 0 Å². The van der Waals surface area contributed by atoms with E-state index in [1.165, 1.54) is 36.6 Å². The number of thiazole rings is 1. The van der Waals surface area contributed by atoms with Crippen molar-refractivity contribution in [1.82, 2.24) is 15.6 Å². The molecule has 5 nitrogen and oxygen atoms in total. The van der Waals surface area contributed by atoms with Gasteiger partial charge in [-0.25, -0.2) is 9.37 Å². The van der Waals surface area contributed by atoms with Gasteiger partial charge in [0.05, 0.1) is 12.2 Å². The number of carbonyl (C=O) groups is 2. The zero-order chi connectivity index (χ0) is 15.9. The van der Waals surface area contributed by atoms with Gasteiger partial charge in [0, 0.05) is 24.1 Å². The molecule has 2 aromatic rings. The fourth-order valence-electron chi connectivity index (χ4n) is 1.56. The summed E-state index contributed by atoms with van der Waals surface area (Å²) in [5.74, 6) is -0.942. The monoisotopic (exact) mass is 319 g/mol. The molecule has 1 heterocycles. The molecule has 2 rings (SSSR count). The number of halogens is 1. The van der Waals surface area contributed by atoms with E-state index in [9.17, 15) is 14.0 Å². The van der Waals surface area contributed by atoms with Gasteiger partial charge in [-0.2, -0.15) is 0 Å². The van der Waals surface area contributed by atoms with Crippen LogP contribution in [-0.4, -0.2) is 30.4 Å². The normalized spacial score (nSPS) is 10.6. The van der Waals surface area contributed by atoms with Crippen LogP contribution in [0.15, 0.2) is 35.7 Å². The van der Waals surface area contributed by atoms with Gasteiger partial charge in [-0.05, 0) is 30.3 Å². The fourth-order valence-corrected chi connectivity index (χ4v) is 2.36. The third-order valence-corrected chi connectivity index (χ3v) is 3.63. The molecule has 0 aliphatic heterocycles. The van der Waals surface area contributed by atoms with Crippen molar-refractivity contribution in [3.8, 4) is 10.6 Å². The van der Waals surface area contributed by atoms with Crippen molar-refractivity contribution in [3.05, 3.63) is 47.2 Å². The van der Waals surface area contributed by atoms with Gasteiger partial charge in [-0.1, -0.05) is 0 Å². The van der Waals surface area contributed by atoms with Crippen LogP contribution in [0.3, 0.4) is 0 Å². The molecule has 2 amide bonds. The number of likely N-dealkylation sites (N-methyl/N-ethyl adjacent to an activating group) is 1. The van der Waals surface area contributed by atoms with Crippen molar-refractivity contribution in [1.29, 1.82) is 0 Å². The molecular weight excluding hydrogens is 305 g/mol. The van der Waals surface area contributed by atoms with Gasteiger partial charge in [0.25, 0.3) is 0 Å². The summed E-state index contributed by atoms with van der Waals surface area (Å²) in [6.07, 6.45) is 2.87. The van der Waals surface area contributed by atoms with Gasteiger partial charge in [-0.3, -0.25) is 9.59 Å². The van der Waals surface area contributed by atoms with E-state index in [1.807, 2.05) is 0 Å². The number of benzene rings is 1. The Bertz CT molecular complexity index is 695. The zero-order valence-electron chi connectivity index (χ0n) is 11.8. The number of hydrogen-bond acceptors (Lipinski definition) is 4. The first-order valence-corrected chi connectivity index (χ1v) is 7.34. The molecule has 0 bridgehead atoms. The second-order valence-electron chi connectivity index (χ2n) is 4.31. The molecule has 114 valence electrons. The molecular formula is C15H14FN3O2S. The Hall–Kier alpha value is -2.54. The quantitative estimate of drug-likeness (QED) is 0.826. The highest BCUT2D eigenvalue weighted by molar-refractivity contribution is 7.13. The maximum absolute atomic E-state index is 12.9. The van der Waals surface area contributed by atoms with E-state index in [-0.39, 0.29) is 24.2 Å². The molecule has 1 aromatic carbocycles. The van der Waals surface area contributed by atoms with Gasteiger partial charge in [0.2, 0.25) is 11.8 Å². The van der Waals surface area contributed by atoms with Crippen LogP contribution >= 0.6 is 11.3 Å². The lowest BCUT2D eigenvalue weighted by Gasteiger charge is -1.99. The summed E-state index contributed by atoms with van der Waals surface area (Å²) in [6.45, 7) is -0.0719. The van der Waals surface area contributed by atoms with E-state index in [2.05, 4.69) is 15.6 Å². The first kappa shape index (κ1) is 15.8. The van der Waals surface area contributed by atoms with Crippen LogP contribution in [0.1, 0.15) is 5.69 Å². The molecule has 0 radical (unpaired) electrons. The maximum Gasteiger partial charge on any atom is 0.244 e. The molecule has 1 aromatic heterocycles. The topological polar surface area (TPSA) is 71.1 Å². The van der Waals surface area contributed by atoms with Gasteiger partial charge in [0.15, 0.2) is 0 Å². The first-order chi connectivity index (χ1) is 10.6. The summed E-state index contributed by atoms with van der Waals surface area (Å²) in [4.78, 5) is 26.8. The highest BCUT2D eigenvalue weighted by Crippen LogP contribution is 2.24. The molecule has 22 heavy (non-hydrogen) atoms. The van der Waals surface area contributed by atoms with E-state index in [0.717, 1.165) is 10.6 Å². The van der Waals surface area contributed by atoms with E-state index in [0.29, 0.717) is 5.69 Å². The highest BCUT2D eigenvalue weighted by Gasteiger charge is 2.04. The Kier molecular flexibility index (Phi) is 5.37. The van der Waals surface area contributed by atoms with Crippen molar-refractivity contribution < 1.29 is 14.0 Å². The summed E-state index contributed by atoms with van der Waals surface area (Å²) >= 11 is 1.40. The minimum atomic E-state index is -0.375. The average Bonchev–Trinajstić information content (AvgIpc) is 3.00. The Morgan fingerprint density at radius 2 is 2.05 bits per heavy atom. The number of carbonyl (C=O) groups excluding carboxylic acids is 2. The summed E-state index contributed by atoms with van der Waals surface area (Å²) in [5, 5.41) is 7.38. The van der Waals surface area contributed by atoms with Gasteiger partial charge in [-0.15, -0.1) is 11.3 Å². The molecule has 0 unspecified atom stereocenters. The van der Waals surface area contributed by atoms with Crippen LogP contribution in [0, 0.1) is 5.82 Å². The van der Waals surface area contributed by atoms with Gasteiger partial charge >= 0.3 is 0 Å². The standard InChI is InChI=1S/C15H14FN3O2S/c1-17-14(21)8-18-13(20)7-6-12-9-22-15(19-12)10-2-4-11(16)5-3-10/h2-7,9H,8H2,1H3,(H,17,21)(H,18,20)/b7-6+. The Labute approximate surface area is 130 Å². The molecule has 2 N–H and O–H groups in total. The van der Waals surface area contributed by atoms with Gasteiger partial charge < -0.3 is 10.6 Å². The van der Waals surface area contributed by atoms with Gasteiger partial charge in [0.1, 0.15) is 10.8 Å². The number of nitrogens with zero attached hydrogens (tertiary/aromatic N) is 1. The molecule has 7 heteroatoms. The third-order valence-electron chi connectivity index (χ3n) is 2.72. The Morgan fingerprint density at radius 1 is 1.32 bits per heavy atom. The van der Waals surface area contributed by atoms with Crippen LogP contribution in [0.4, 0.5) is 4.39 Å². The van der Waals surface area contributed by atoms with Crippen LogP contribution < -0.4 is 10.6 Å². The predicted molar refractivity (Wildman–Crippen MR) is 83.6 cm³/mol. The molecule has 0 saturated carbocycles. The van der Waals surface area contributed by atoms with E-state index in [1.54, 1.807) is 23.6 Å². The SMILES string of the molecule is CNC(=O)CNC(=O)/C=C/c1csc(-c2ccc(F)cc2)n1. The average molecular weight is 319 g/mol. The van der Waals surface area contributed by atoms with Crippen molar-refractivity contribution in [2.75, 3.05) is 13.6 Å². The Balaban J connectivity index is 1.97. The molecule has 0 atom stereocenters. The van der Waals surface area contributed by atoms with E-state index >= 15 is 0 Å². The number of amides is 2. The van der Waals surface area contributed by atoms with Crippen molar-refractivity contribution in [2.45, 2.75) is 0 Å². The smallest absolute Gasteiger partial charge is 0.244 e. The lowest BCUT2D eigenvalue weighted by atomic mass is 10.2. The minimum absolute atomic E-state index is 0.0719. The summed E-state index contributed by atoms with van der Waals surface area (Å²) < 4.78 is 12.9. The van der Waals surface area contributed by atoms with Crippen LogP contribution in [0.25, 0.3) is 16.6 Å². The zero-order valence-corrected chi connectivity index (χ0v) is 12.6. The second-order valence-corrected chi connectivity index (χ2v) is 5.17. The number of aromatic nitrogens is 1. The molecule has 0 spiro atoms. The molecule has 0 saturated heterocycles. The predicted octanol–water partition coefficient (Wildman–Crippen LogP) is 1.82. The van der Waals surface area contributed by atoms with Crippen LogP contribution in [-0.2, 0) is 9.59 Å². The third kappa shape index (κ3) is 4.49. The number of hydrogen-bond donors (Lipinski definition) is 2. The van der Waals surface area contributed by atoms with Crippen molar-refractivity contribution >= 4 is 29.2 Å². The molecule has 0 fully saturated rings. The van der Waals surface area contributed by atoms with Crippen molar-refractivity contribution in [3.63, 3.8) is 0 Å². The summed E-state index contributed by atoms with van der Waals surface area (Å²) in [6, 6.07) is 6.05. The van der Waals surface area contributed by atoms with Crippen LogP contribution in [0.2, 0.25) is 0 Å².